The number of carbonyl (C=O) groups excluding carboxylic acids is 1. The summed E-state index contributed by atoms with van der Waals surface area (Å²) in [6.07, 6.45) is 6.25. The fourth-order valence-corrected chi connectivity index (χ4v) is 3.59. The fraction of sp³-hybridized carbons (Fsp3) is 0.933. The standard InChI is InChI=1S/C15H25N3O2/c19-14(16-12-3-6-17(9-12)13-1-2-13)18-7-8-20-11-15(10-18)4-5-15/h12-13H,1-11H2,(H,16,19). The number of rotatable bonds is 2. The molecule has 0 bridgehead atoms. The molecule has 1 N–H and O–H groups in total. The summed E-state index contributed by atoms with van der Waals surface area (Å²) < 4.78 is 5.65. The number of nitrogens with zero attached hydrogens (tertiary/aromatic N) is 2. The maximum absolute atomic E-state index is 12.5. The Morgan fingerprint density at radius 3 is 2.80 bits per heavy atom. The zero-order chi connectivity index (χ0) is 13.6. The molecule has 4 fully saturated rings. The number of amides is 2. The monoisotopic (exact) mass is 279 g/mol. The zero-order valence-corrected chi connectivity index (χ0v) is 12.1. The molecule has 1 spiro atoms. The molecule has 1 atom stereocenters. The van der Waals surface area contributed by atoms with Gasteiger partial charge in [-0.1, -0.05) is 0 Å². The number of likely N-dealkylation sites (tertiary alicyclic amines) is 1. The van der Waals surface area contributed by atoms with Crippen molar-refractivity contribution in [2.45, 2.75) is 44.2 Å². The van der Waals surface area contributed by atoms with Crippen LogP contribution in [0.25, 0.3) is 0 Å². The van der Waals surface area contributed by atoms with Crippen molar-refractivity contribution in [2.24, 2.45) is 5.41 Å². The van der Waals surface area contributed by atoms with E-state index in [9.17, 15) is 4.79 Å². The summed E-state index contributed by atoms with van der Waals surface area (Å²) >= 11 is 0. The predicted octanol–water partition coefficient (Wildman–Crippen LogP) is 1.05. The van der Waals surface area contributed by atoms with Gasteiger partial charge in [0.1, 0.15) is 0 Å². The highest BCUT2D eigenvalue weighted by molar-refractivity contribution is 5.74. The molecule has 0 radical (unpaired) electrons. The van der Waals surface area contributed by atoms with Gasteiger partial charge in [0.25, 0.3) is 0 Å². The lowest BCUT2D eigenvalue weighted by atomic mass is 10.1. The molecule has 112 valence electrons. The fourth-order valence-electron chi connectivity index (χ4n) is 3.59. The second-order valence-electron chi connectivity index (χ2n) is 7.14. The van der Waals surface area contributed by atoms with E-state index < -0.39 is 0 Å². The molecule has 0 aromatic heterocycles. The van der Waals surface area contributed by atoms with Gasteiger partial charge in [-0.05, 0) is 32.1 Å². The Kier molecular flexibility index (Phi) is 3.15. The van der Waals surface area contributed by atoms with Gasteiger partial charge in [0, 0.05) is 43.7 Å². The third kappa shape index (κ3) is 2.66. The van der Waals surface area contributed by atoms with Crippen molar-refractivity contribution in [3.8, 4) is 0 Å². The Morgan fingerprint density at radius 2 is 2.05 bits per heavy atom. The quantitative estimate of drug-likeness (QED) is 0.821. The smallest absolute Gasteiger partial charge is 0.317 e. The van der Waals surface area contributed by atoms with Crippen molar-refractivity contribution in [1.29, 1.82) is 0 Å². The molecule has 5 heteroatoms. The van der Waals surface area contributed by atoms with Crippen LogP contribution in [0.2, 0.25) is 0 Å². The molecule has 2 aliphatic heterocycles. The molecular formula is C15H25N3O2. The van der Waals surface area contributed by atoms with E-state index in [2.05, 4.69) is 10.2 Å². The number of urea groups is 1. The van der Waals surface area contributed by atoms with Crippen LogP contribution in [0.4, 0.5) is 4.79 Å². The van der Waals surface area contributed by atoms with Gasteiger partial charge in [0.05, 0.1) is 13.2 Å². The molecule has 0 aromatic carbocycles. The first-order valence-electron chi connectivity index (χ1n) is 8.11. The van der Waals surface area contributed by atoms with Crippen molar-refractivity contribution in [3.63, 3.8) is 0 Å². The maximum Gasteiger partial charge on any atom is 0.317 e. The molecule has 5 nitrogen and oxygen atoms in total. The number of hydrogen-bond acceptors (Lipinski definition) is 3. The summed E-state index contributed by atoms with van der Waals surface area (Å²) in [5.74, 6) is 0. The minimum Gasteiger partial charge on any atom is -0.379 e. The molecule has 4 rings (SSSR count). The molecule has 1 unspecified atom stereocenters. The Balaban J connectivity index is 1.30. The van der Waals surface area contributed by atoms with Gasteiger partial charge in [-0.2, -0.15) is 0 Å². The van der Waals surface area contributed by atoms with E-state index in [1.54, 1.807) is 0 Å². The molecule has 2 saturated carbocycles. The third-order valence-corrected chi connectivity index (χ3v) is 5.29. The average Bonchev–Trinajstić information content (AvgIpc) is 3.36. The Bertz CT molecular complexity index is 393. The largest absolute Gasteiger partial charge is 0.379 e. The Morgan fingerprint density at radius 1 is 1.20 bits per heavy atom. The van der Waals surface area contributed by atoms with Gasteiger partial charge in [-0.15, -0.1) is 0 Å². The molecule has 2 aliphatic carbocycles. The summed E-state index contributed by atoms with van der Waals surface area (Å²) in [6.45, 7) is 5.36. The van der Waals surface area contributed by atoms with Gasteiger partial charge < -0.3 is 15.0 Å². The van der Waals surface area contributed by atoms with Crippen LogP contribution in [0.15, 0.2) is 0 Å². The first kappa shape index (κ1) is 12.9. The van der Waals surface area contributed by atoms with Gasteiger partial charge >= 0.3 is 6.03 Å². The minimum atomic E-state index is 0.129. The highest BCUT2D eigenvalue weighted by Crippen LogP contribution is 2.47. The van der Waals surface area contributed by atoms with Crippen LogP contribution < -0.4 is 5.32 Å². The van der Waals surface area contributed by atoms with Crippen LogP contribution in [-0.2, 0) is 4.74 Å². The zero-order valence-electron chi connectivity index (χ0n) is 12.1. The van der Waals surface area contributed by atoms with E-state index in [0.717, 1.165) is 45.2 Å². The second kappa shape index (κ2) is 4.88. The van der Waals surface area contributed by atoms with Gasteiger partial charge in [0.15, 0.2) is 0 Å². The molecule has 4 aliphatic rings. The second-order valence-corrected chi connectivity index (χ2v) is 7.14. The van der Waals surface area contributed by atoms with Crippen LogP contribution in [-0.4, -0.2) is 67.3 Å². The van der Waals surface area contributed by atoms with E-state index in [1.807, 2.05) is 4.90 Å². The number of carbonyl (C=O) groups is 1. The summed E-state index contributed by atoms with van der Waals surface area (Å²) in [7, 11) is 0. The van der Waals surface area contributed by atoms with Crippen molar-refractivity contribution < 1.29 is 9.53 Å². The summed E-state index contributed by atoms with van der Waals surface area (Å²) in [5.41, 5.74) is 0.295. The van der Waals surface area contributed by atoms with Crippen LogP contribution in [0.5, 0.6) is 0 Å². The van der Waals surface area contributed by atoms with Crippen LogP contribution in [0.1, 0.15) is 32.1 Å². The molecular weight excluding hydrogens is 254 g/mol. The first-order chi connectivity index (χ1) is 9.74. The van der Waals surface area contributed by atoms with Crippen LogP contribution in [0, 0.1) is 5.41 Å². The molecule has 2 saturated heterocycles. The van der Waals surface area contributed by atoms with E-state index in [-0.39, 0.29) is 6.03 Å². The number of hydrogen-bond donors (Lipinski definition) is 1. The van der Waals surface area contributed by atoms with E-state index in [0.29, 0.717) is 18.1 Å². The lowest BCUT2D eigenvalue weighted by Crippen LogP contribution is -2.48. The maximum atomic E-state index is 12.5. The SMILES string of the molecule is O=C(NC1CCN(C2CC2)C1)N1CCOCC2(CC2)C1. The highest BCUT2D eigenvalue weighted by atomic mass is 16.5. The summed E-state index contributed by atoms with van der Waals surface area (Å²) in [5, 5.41) is 3.24. The predicted molar refractivity (Wildman–Crippen MR) is 75.6 cm³/mol. The van der Waals surface area contributed by atoms with Crippen LogP contribution >= 0.6 is 0 Å². The molecule has 0 aromatic rings. The van der Waals surface area contributed by atoms with Crippen molar-refractivity contribution in [3.05, 3.63) is 0 Å². The lowest BCUT2D eigenvalue weighted by Gasteiger charge is -2.25. The Labute approximate surface area is 120 Å². The van der Waals surface area contributed by atoms with Gasteiger partial charge in [-0.25, -0.2) is 4.79 Å². The highest BCUT2D eigenvalue weighted by Gasteiger charge is 2.46. The summed E-state index contributed by atoms with van der Waals surface area (Å²) in [4.78, 5) is 17.0. The van der Waals surface area contributed by atoms with E-state index in [4.69, 9.17) is 4.74 Å². The third-order valence-electron chi connectivity index (χ3n) is 5.29. The normalized spacial score (nSPS) is 33.2. The van der Waals surface area contributed by atoms with Crippen molar-refractivity contribution in [1.82, 2.24) is 15.1 Å². The summed E-state index contributed by atoms with van der Waals surface area (Å²) in [6, 6.07) is 1.30. The van der Waals surface area contributed by atoms with Crippen molar-refractivity contribution >= 4 is 6.03 Å². The molecule has 2 heterocycles. The van der Waals surface area contributed by atoms with E-state index in [1.165, 1.54) is 25.7 Å². The van der Waals surface area contributed by atoms with Crippen molar-refractivity contribution in [2.75, 3.05) is 39.4 Å². The molecule has 20 heavy (non-hydrogen) atoms. The van der Waals surface area contributed by atoms with E-state index >= 15 is 0 Å². The van der Waals surface area contributed by atoms with Gasteiger partial charge in [0.2, 0.25) is 0 Å². The minimum absolute atomic E-state index is 0.129. The van der Waals surface area contributed by atoms with Gasteiger partial charge in [-0.3, -0.25) is 4.90 Å². The number of ether oxygens (including phenoxy) is 1. The van der Waals surface area contributed by atoms with Crippen LogP contribution in [0.3, 0.4) is 0 Å². The Hall–Kier alpha value is -0.810. The molecule has 2 amide bonds. The topological polar surface area (TPSA) is 44.8 Å². The first-order valence-corrected chi connectivity index (χ1v) is 8.11. The number of nitrogens with one attached hydrogen (secondary N) is 1. The average molecular weight is 279 g/mol. The lowest BCUT2D eigenvalue weighted by molar-refractivity contribution is 0.115.